The summed E-state index contributed by atoms with van der Waals surface area (Å²) in [7, 11) is 0. The van der Waals surface area contributed by atoms with Crippen LogP contribution in [0.2, 0.25) is 0 Å². The van der Waals surface area contributed by atoms with Crippen LogP contribution in [0.25, 0.3) is 22.2 Å². The number of furan rings is 1. The molecule has 1 N–H and O–H groups in total. The average molecular weight is 450 g/mol. The van der Waals surface area contributed by atoms with Crippen LogP contribution >= 0.6 is 0 Å². The van der Waals surface area contributed by atoms with E-state index in [4.69, 9.17) is 9.68 Å². The van der Waals surface area contributed by atoms with E-state index >= 15 is 0 Å². The number of rotatable bonds is 4. The van der Waals surface area contributed by atoms with Gasteiger partial charge in [0.25, 0.3) is 5.56 Å². The number of benzene rings is 2. The lowest BCUT2D eigenvalue weighted by Gasteiger charge is -2.10. The third-order valence-electron chi connectivity index (χ3n) is 4.81. The lowest BCUT2D eigenvalue weighted by atomic mass is 10.1. The Hall–Kier alpha value is -4.72. The van der Waals surface area contributed by atoms with Crippen LogP contribution in [-0.4, -0.2) is 22.0 Å². The van der Waals surface area contributed by atoms with Crippen LogP contribution in [0.15, 0.2) is 64.0 Å². The number of hydrogen-bond donors (Lipinski definition) is 1. The number of nitriles is 1. The van der Waals surface area contributed by atoms with Crippen molar-refractivity contribution >= 4 is 22.6 Å². The van der Waals surface area contributed by atoms with Crippen molar-refractivity contribution < 1.29 is 27.5 Å². The molecule has 1 aliphatic rings. The van der Waals surface area contributed by atoms with Gasteiger partial charge in [0.05, 0.1) is 23.3 Å². The molecular formula is C22H12F2N4O5. The van der Waals surface area contributed by atoms with E-state index in [0.717, 1.165) is 4.68 Å². The van der Waals surface area contributed by atoms with Crippen LogP contribution in [0, 0.1) is 11.3 Å². The topological polar surface area (TPSA) is 119 Å². The van der Waals surface area contributed by atoms with Crippen molar-refractivity contribution in [1.29, 1.82) is 5.26 Å². The summed E-state index contributed by atoms with van der Waals surface area (Å²) in [4.78, 5) is 25.4. The SMILES string of the molecule is N#Cc1cccc(-c2nn(CC(=O)Nc3ccc4c(c3)OC(F)(F)O4)c(=O)c3ccoc23)c1. The van der Waals surface area contributed by atoms with E-state index in [2.05, 4.69) is 19.9 Å². The van der Waals surface area contributed by atoms with Crippen LogP contribution in [-0.2, 0) is 11.3 Å². The van der Waals surface area contributed by atoms with Crippen LogP contribution in [0.4, 0.5) is 14.5 Å². The van der Waals surface area contributed by atoms with Gasteiger partial charge >= 0.3 is 6.29 Å². The zero-order chi connectivity index (χ0) is 23.2. The summed E-state index contributed by atoms with van der Waals surface area (Å²) in [5.74, 6) is -1.02. The van der Waals surface area contributed by atoms with Crippen molar-refractivity contribution in [3.05, 3.63) is 70.7 Å². The Bertz CT molecular complexity index is 1520. The molecule has 2 aromatic heterocycles. The zero-order valence-electron chi connectivity index (χ0n) is 16.5. The molecule has 0 atom stereocenters. The Morgan fingerprint density at radius 1 is 1.15 bits per heavy atom. The predicted octanol–water partition coefficient (Wildman–Crippen LogP) is 3.49. The standard InChI is InChI=1S/C22H12F2N4O5/c23-22(24)32-16-5-4-14(9-17(16)33-22)26-18(29)11-28-21(30)15-6-7-31-20(15)19(27-28)13-3-1-2-12(8-13)10-25/h1-9H,11H2,(H,26,29). The minimum absolute atomic E-state index is 0.162. The van der Waals surface area contributed by atoms with Crippen molar-refractivity contribution in [2.45, 2.75) is 12.8 Å². The fourth-order valence-electron chi connectivity index (χ4n) is 3.41. The highest BCUT2D eigenvalue weighted by Gasteiger charge is 2.43. The number of nitrogens with zero attached hydrogens (tertiary/aromatic N) is 3. The maximum absolute atomic E-state index is 13.2. The second-order valence-electron chi connectivity index (χ2n) is 7.04. The minimum Gasteiger partial charge on any atom is -0.462 e. The Morgan fingerprint density at radius 2 is 1.97 bits per heavy atom. The molecule has 5 rings (SSSR count). The molecule has 0 fully saturated rings. The fourth-order valence-corrected chi connectivity index (χ4v) is 3.41. The highest BCUT2D eigenvalue weighted by molar-refractivity contribution is 5.92. The van der Waals surface area contributed by atoms with Crippen molar-refractivity contribution in [1.82, 2.24) is 9.78 Å². The van der Waals surface area contributed by atoms with E-state index in [0.29, 0.717) is 11.1 Å². The third kappa shape index (κ3) is 3.74. The molecule has 0 radical (unpaired) electrons. The molecule has 33 heavy (non-hydrogen) atoms. The number of nitrogens with one attached hydrogen (secondary N) is 1. The molecule has 11 heteroatoms. The number of fused-ring (bicyclic) bond motifs is 2. The van der Waals surface area contributed by atoms with Crippen LogP contribution in [0.1, 0.15) is 5.56 Å². The smallest absolute Gasteiger partial charge is 0.462 e. The monoisotopic (exact) mass is 450 g/mol. The van der Waals surface area contributed by atoms with Crippen molar-refractivity contribution in [2.75, 3.05) is 5.32 Å². The Morgan fingerprint density at radius 3 is 2.79 bits per heavy atom. The van der Waals surface area contributed by atoms with Crippen molar-refractivity contribution in [3.8, 4) is 28.8 Å². The molecule has 164 valence electrons. The summed E-state index contributed by atoms with van der Waals surface area (Å²) in [5, 5.41) is 16.2. The minimum atomic E-state index is -3.78. The van der Waals surface area contributed by atoms with E-state index in [-0.39, 0.29) is 33.8 Å². The summed E-state index contributed by atoms with van der Waals surface area (Å²) < 4.78 is 41.4. The number of carbonyl (C=O) groups is 1. The number of ether oxygens (including phenoxy) is 2. The van der Waals surface area contributed by atoms with Gasteiger partial charge in [0.15, 0.2) is 17.1 Å². The molecule has 0 aliphatic carbocycles. The maximum atomic E-state index is 13.2. The Balaban J connectivity index is 1.45. The molecule has 0 bridgehead atoms. The predicted molar refractivity (Wildman–Crippen MR) is 110 cm³/mol. The number of aromatic nitrogens is 2. The van der Waals surface area contributed by atoms with E-state index in [9.17, 15) is 18.4 Å². The van der Waals surface area contributed by atoms with Gasteiger partial charge in [0.1, 0.15) is 12.2 Å². The Kier molecular flexibility index (Phi) is 4.56. The first-order chi connectivity index (χ1) is 15.8. The number of carbonyl (C=O) groups excluding carboxylic acids is 1. The second kappa shape index (κ2) is 7.45. The van der Waals surface area contributed by atoms with Gasteiger partial charge in [-0.05, 0) is 30.3 Å². The largest absolute Gasteiger partial charge is 0.586 e. The van der Waals surface area contributed by atoms with Gasteiger partial charge in [-0.1, -0.05) is 12.1 Å². The van der Waals surface area contributed by atoms with Crippen molar-refractivity contribution in [3.63, 3.8) is 0 Å². The molecule has 0 saturated heterocycles. The summed E-state index contributed by atoms with van der Waals surface area (Å²) >= 11 is 0. The van der Waals surface area contributed by atoms with Crippen molar-refractivity contribution in [2.24, 2.45) is 0 Å². The first-order valence-corrected chi connectivity index (χ1v) is 9.51. The Labute approximate surface area is 183 Å². The van der Waals surface area contributed by atoms with Gasteiger partial charge in [-0.25, -0.2) is 4.68 Å². The number of halogens is 2. The van der Waals surface area contributed by atoms with Gasteiger partial charge in [-0.15, -0.1) is 8.78 Å². The molecular weight excluding hydrogens is 438 g/mol. The van der Waals surface area contributed by atoms with E-state index in [1.165, 1.54) is 30.5 Å². The summed E-state index contributed by atoms with van der Waals surface area (Å²) in [6.45, 7) is -0.463. The highest BCUT2D eigenvalue weighted by atomic mass is 19.3. The summed E-state index contributed by atoms with van der Waals surface area (Å²) in [6.07, 6.45) is -2.44. The van der Waals surface area contributed by atoms with E-state index in [1.807, 2.05) is 6.07 Å². The molecule has 0 unspecified atom stereocenters. The zero-order valence-corrected chi connectivity index (χ0v) is 16.5. The number of hydrogen-bond acceptors (Lipinski definition) is 7. The van der Waals surface area contributed by atoms with Gasteiger partial charge in [0.2, 0.25) is 5.91 Å². The lowest BCUT2D eigenvalue weighted by Crippen LogP contribution is -2.30. The number of amides is 1. The fraction of sp³-hybridized carbons (Fsp3) is 0.0909. The second-order valence-corrected chi connectivity index (χ2v) is 7.04. The number of anilines is 1. The van der Waals surface area contributed by atoms with Gasteiger partial charge in [-0.2, -0.15) is 10.4 Å². The first-order valence-electron chi connectivity index (χ1n) is 9.51. The van der Waals surface area contributed by atoms with Crippen LogP contribution in [0.3, 0.4) is 0 Å². The molecule has 0 saturated carbocycles. The van der Waals surface area contributed by atoms with E-state index < -0.39 is 24.3 Å². The van der Waals surface area contributed by atoms with Gasteiger partial charge in [-0.3, -0.25) is 9.59 Å². The average Bonchev–Trinajstić information content (AvgIpc) is 3.39. The van der Waals surface area contributed by atoms with Gasteiger partial charge in [0, 0.05) is 17.3 Å². The van der Waals surface area contributed by atoms with E-state index in [1.54, 1.807) is 24.3 Å². The highest BCUT2D eigenvalue weighted by Crippen LogP contribution is 2.42. The molecule has 3 heterocycles. The molecule has 4 aromatic rings. The normalized spacial score (nSPS) is 13.6. The molecule has 1 aliphatic heterocycles. The molecule has 1 amide bonds. The summed E-state index contributed by atoms with van der Waals surface area (Å²) in [5.41, 5.74) is 1.03. The molecule has 2 aromatic carbocycles. The molecule has 9 nitrogen and oxygen atoms in total. The lowest BCUT2D eigenvalue weighted by molar-refractivity contribution is -0.286. The number of alkyl halides is 2. The third-order valence-corrected chi connectivity index (χ3v) is 4.81. The van der Waals surface area contributed by atoms with Crippen LogP contribution in [0.5, 0.6) is 11.5 Å². The summed E-state index contributed by atoms with van der Waals surface area (Å²) in [6, 6.07) is 13.8. The molecule has 0 spiro atoms. The maximum Gasteiger partial charge on any atom is 0.586 e. The quantitative estimate of drug-likeness (QED) is 0.505. The van der Waals surface area contributed by atoms with Crippen LogP contribution < -0.4 is 20.3 Å². The van der Waals surface area contributed by atoms with Gasteiger partial charge < -0.3 is 19.2 Å². The first kappa shape index (κ1) is 20.2.